The summed E-state index contributed by atoms with van der Waals surface area (Å²) in [4.78, 5) is 22.9. The van der Waals surface area contributed by atoms with E-state index in [-0.39, 0.29) is 5.91 Å². The number of nitrogens with one attached hydrogen (secondary N) is 3. The van der Waals surface area contributed by atoms with Crippen LogP contribution in [0.5, 0.6) is 0 Å². The Morgan fingerprint density at radius 3 is 2.73 bits per heavy atom. The highest BCUT2D eigenvalue weighted by Crippen LogP contribution is 2.29. The maximum absolute atomic E-state index is 12.5. The molecule has 3 N–H and O–H groups in total. The first kappa shape index (κ1) is 18.4. The molecule has 1 amide bonds. The van der Waals surface area contributed by atoms with Gasteiger partial charge in [0.2, 0.25) is 0 Å². The molecule has 30 heavy (non-hydrogen) atoms. The Morgan fingerprint density at radius 2 is 1.97 bits per heavy atom. The number of nitrogens with zero attached hydrogens (tertiary/aromatic N) is 3. The van der Waals surface area contributed by atoms with Crippen LogP contribution < -0.4 is 10.2 Å². The number of rotatable bonds is 4. The van der Waals surface area contributed by atoms with Crippen molar-refractivity contribution in [3.8, 4) is 11.3 Å². The van der Waals surface area contributed by atoms with Crippen LogP contribution in [0.25, 0.3) is 22.3 Å². The zero-order chi connectivity index (χ0) is 20.7. The standard InChI is InChI=1S/C23H24N6O/c1-14-15(2)27-28-21(14)23(30)25-18-10-17-12-20(26-22(17)24-13-18)16-6-5-7-19(11-16)29-8-3-4-9-29/h5-7,10-13H,3-4,8-9H2,1-2H3,(H,24,26)(H,25,30)(H,27,28). The molecule has 152 valence electrons. The second kappa shape index (κ2) is 7.33. The fourth-order valence-electron chi connectivity index (χ4n) is 3.98. The van der Waals surface area contributed by atoms with Gasteiger partial charge in [0.1, 0.15) is 5.65 Å². The number of amides is 1. The summed E-state index contributed by atoms with van der Waals surface area (Å²) < 4.78 is 0. The van der Waals surface area contributed by atoms with Crippen LogP contribution in [0.15, 0.2) is 42.6 Å². The van der Waals surface area contributed by atoms with E-state index in [0.29, 0.717) is 11.4 Å². The second-order valence-electron chi connectivity index (χ2n) is 7.87. The van der Waals surface area contributed by atoms with Crippen LogP contribution in [0.2, 0.25) is 0 Å². The molecule has 1 fully saturated rings. The SMILES string of the molecule is Cc1[nH]nc(C(=O)Nc2cnc3[nH]c(-c4cccc(N5CCCC5)c4)cc3c2)c1C. The largest absolute Gasteiger partial charge is 0.372 e. The van der Waals surface area contributed by atoms with Crippen molar-refractivity contribution in [3.63, 3.8) is 0 Å². The average molecular weight is 400 g/mol. The van der Waals surface area contributed by atoms with Gasteiger partial charge in [-0.05, 0) is 51.0 Å². The minimum Gasteiger partial charge on any atom is -0.372 e. The zero-order valence-electron chi connectivity index (χ0n) is 17.1. The van der Waals surface area contributed by atoms with Gasteiger partial charge in [-0.3, -0.25) is 9.89 Å². The monoisotopic (exact) mass is 400 g/mol. The van der Waals surface area contributed by atoms with Gasteiger partial charge in [-0.15, -0.1) is 0 Å². The number of benzene rings is 1. The molecule has 1 saturated heterocycles. The molecule has 0 radical (unpaired) electrons. The van der Waals surface area contributed by atoms with Crippen LogP contribution in [-0.2, 0) is 0 Å². The maximum Gasteiger partial charge on any atom is 0.276 e. The van der Waals surface area contributed by atoms with Crippen molar-refractivity contribution in [1.29, 1.82) is 0 Å². The molecule has 3 aromatic heterocycles. The molecule has 0 atom stereocenters. The number of carbonyl (C=O) groups is 1. The summed E-state index contributed by atoms with van der Waals surface area (Å²) in [5, 5.41) is 10.8. The third-order valence-electron chi connectivity index (χ3n) is 5.82. The van der Waals surface area contributed by atoms with Crippen molar-refractivity contribution >= 4 is 28.3 Å². The normalized spacial score (nSPS) is 13.9. The van der Waals surface area contributed by atoms with E-state index in [9.17, 15) is 4.79 Å². The lowest BCUT2D eigenvalue weighted by molar-refractivity contribution is 0.102. The van der Waals surface area contributed by atoms with Crippen LogP contribution in [0.1, 0.15) is 34.6 Å². The lowest BCUT2D eigenvalue weighted by Crippen LogP contribution is -2.17. The molecule has 0 unspecified atom stereocenters. The Labute approximate surface area is 174 Å². The highest BCUT2D eigenvalue weighted by molar-refractivity contribution is 6.04. The number of aromatic amines is 2. The molecule has 0 bridgehead atoms. The van der Waals surface area contributed by atoms with E-state index in [1.807, 2.05) is 19.9 Å². The molecule has 0 saturated carbocycles. The van der Waals surface area contributed by atoms with Gasteiger partial charge in [-0.1, -0.05) is 12.1 Å². The van der Waals surface area contributed by atoms with Gasteiger partial charge in [0, 0.05) is 46.7 Å². The average Bonchev–Trinajstić information content (AvgIpc) is 3.49. The minimum absolute atomic E-state index is 0.243. The van der Waals surface area contributed by atoms with Crippen LogP contribution >= 0.6 is 0 Å². The summed E-state index contributed by atoms with van der Waals surface area (Å²) in [7, 11) is 0. The number of hydrogen-bond acceptors (Lipinski definition) is 4. The molecule has 1 aliphatic heterocycles. The summed E-state index contributed by atoms with van der Waals surface area (Å²) >= 11 is 0. The van der Waals surface area contributed by atoms with E-state index in [1.54, 1.807) is 6.20 Å². The van der Waals surface area contributed by atoms with Crippen molar-refractivity contribution in [2.24, 2.45) is 0 Å². The van der Waals surface area contributed by atoms with Crippen molar-refractivity contribution in [2.75, 3.05) is 23.3 Å². The quantitative estimate of drug-likeness (QED) is 0.473. The highest BCUT2D eigenvalue weighted by atomic mass is 16.1. The Balaban J connectivity index is 1.41. The number of H-pyrrole nitrogens is 2. The summed E-state index contributed by atoms with van der Waals surface area (Å²) in [5.74, 6) is -0.243. The molecule has 4 aromatic rings. The molecular formula is C23H24N6O. The van der Waals surface area contributed by atoms with Crippen molar-refractivity contribution < 1.29 is 4.79 Å². The number of aryl methyl sites for hydroxylation is 1. The highest BCUT2D eigenvalue weighted by Gasteiger charge is 2.16. The van der Waals surface area contributed by atoms with E-state index in [4.69, 9.17) is 0 Å². The number of aromatic nitrogens is 4. The van der Waals surface area contributed by atoms with Gasteiger partial charge in [-0.2, -0.15) is 5.10 Å². The molecule has 5 rings (SSSR count). The fraction of sp³-hybridized carbons (Fsp3) is 0.261. The smallest absolute Gasteiger partial charge is 0.276 e. The van der Waals surface area contributed by atoms with E-state index in [1.165, 1.54) is 18.5 Å². The lowest BCUT2D eigenvalue weighted by atomic mass is 10.1. The predicted octanol–water partition coefficient (Wildman–Crippen LogP) is 4.42. The first-order chi connectivity index (χ1) is 14.6. The molecular weight excluding hydrogens is 376 g/mol. The van der Waals surface area contributed by atoms with E-state index < -0.39 is 0 Å². The second-order valence-corrected chi connectivity index (χ2v) is 7.87. The van der Waals surface area contributed by atoms with Gasteiger partial charge in [0.15, 0.2) is 5.69 Å². The summed E-state index contributed by atoms with van der Waals surface area (Å²) in [6, 6.07) is 12.6. The Bertz CT molecular complexity index is 1230. The first-order valence-corrected chi connectivity index (χ1v) is 10.3. The van der Waals surface area contributed by atoms with Crippen molar-refractivity contribution in [1.82, 2.24) is 20.2 Å². The van der Waals surface area contributed by atoms with Crippen molar-refractivity contribution in [3.05, 3.63) is 59.5 Å². The van der Waals surface area contributed by atoms with Crippen LogP contribution in [0.4, 0.5) is 11.4 Å². The molecule has 1 aliphatic rings. The van der Waals surface area contributed by atoms with Crippen LogP contribution in [0, 0.1) is 13.8 Å². The van der Waals surface area contributed by atoms with Crippen molar-refractivity contribution in [2.45, 2.75) is 26.7 Å². The van der Waals surface area contributed by atoms with Gasteiger partial charge in [0.25, 0.3) is 5.91 Å². The van der Waals surface area contributed by atoms with Gasteiger partial charge >= 0.3 is 0 Å². The molecule has 0 aliphatic carbocycles. The topological polar surface area (TPSA) is 89.7 Å². The number of anilines is 2. The minimum atomic E-state index is -0.243. The molecule has 1 aromatic carbocycles. The van der Waals surface area contributed by atoms with E-state index in [0.717, 1.165) is 46.6 Å². The lowest BCUT2D eigenvalue weighted by Gasteiger charge is -2.18. The maximum atomic E-state index is 12.5. The van der Waals surface area contributed by atoms with Crippen LogP contribution in [0.3, 0.4) is 0 Å². The molecule has 7 heteroatoms. The summed E-state index contributed by atoms with van der Waals surface area (Å²) in [6.07, 6.45) is 4.18. The number of fused-ring (bicyclic) bond motifs is 1. The fourth-order valence-corrected chi connectivity index (χ4v) is 3.98. The molecule has 7 nitrogen and oxygen atoms in total. The molecule has 4 heterocycles. The predicted molar refractivity (Wildman–Crippen MR) is 119 cm³/mol. The third kappa shape index (κ3) is 3.32. The van der Waals surface area contributed by atoms with E-state index >= 15 is 0 Å². The number of pyridine rings is 1. The van der Waals surface area contributed by atoms with E-state index in [2.05, 4.69) is 60.7 Å². The van der Waals surface area contributed by atoms with Gasteiger partial charge in [0.05, 0.1) is 11.9 Å². The third-order valence-corrected chi connectivity index (χ3v) is 5.82. The van der Waals surface area contributed by atoms with Gasteiger partial charge < -0.3 is 15.2 Å². The Hall–Kier alpha value is -3.61. The number of hydrogen-bond donors (Lipinski definition) is 3. The van der Waals surface area contributed by atoms with Gasteiger partial charge in [-0.25, -0.2) is 4.98 Å². The number of carbonyl (C=O) groups excluding carboxylic acids is 1. The summed E-state index contributed by atoms with van der Waals surface area (Å²) in [6.45, 7) is 6.02. The molecule has 0 spiro atoms. The van der Waals surface area contributed by atoms with Crippen LogP contribution in [-0.4, -0.2) is 39.2 Å². The Kier molecular flexibility index (Phi) is 4.50. The zero-order valence-corrected chi connectivity index (χ0v) is 17.1. The Morgan fingerprint density at radius 1 is 1.13 bits per heavy atom. The summed E-state index contributed by atoms with van der Waals surface area (Å²) in [5.41, 5.74) is 6.98. The first-order valence-electron chi connectivity index (χ1n) is 10.3.